The van der Waals surface area contributed by atoms with Gasteiger partial charge in [-0.1, -0.05) is 0 Å². The van der Waals surface area contributed by atoms with Crippen LogP contribution in [0.4, 0.5) is 25.0 Å². The monoisotopic (exact) mass is 573 g/mol. The zero-order chi connectivity index (χ0) is 24.3. The van der Waals surface area contributed by atoms with Gasteiger partial charge in [0.2, 0.25) is 0 Å². The fourth-order valence-electron chi connectivity index (χ4n) is 3.54. The maximum Gasteiger partial charge on any atom is 0.410 e. The quantitative estimate of drug-likeness (QED) is 0.464. The smallest absolute Gasteiger partial charge is 0.410 e. The third-order valence-electron chi connectivity index (χ3n) is 4.95. The van der Waals surface area contributed by atoms with Gasteiger partial charge >= 0.3 is 6.09 Å². The minimum Gasteiger partial charge on any atom is -0.490 e. The van der Waals surface area contributed by atoms with Gasteiger partial charge in [0.15, 0.2) is 0 Å². The lowest BCUT2D eigenvalue weighted by atomic mass is 10.1. The lowest BCUT2D eigenvalue weighted by molar-refractivity contribution is 0.0186. The molecule has 0 aliphatic carbocycles. The number of nitrogens with zero attached hydrogens (tertiary/aromatic N) is 1. The van der Waals surface area contributed by atoms with E-state index in [4.69, 9.17) is 15.2 Å². The predicted molar refractivity (Wildman–Crippen MR) is 129 cm³/mol. The highest BCUT2D eigenvalue weighted by Gasteiger charge is 2.33. The third-order valence-corrected chi connectivity index (χ3v) is 5.62. The summed E-state index contributed by atoms with van der Waals surface area (Å²) in [6.07, 6.45) is 0.969. The van der Waals surface area contributed by atoms with Gasteiger partial charge < -0.3 is 25.4 Å². The number of ether oxygens (including phenoxy) is 2. The van der Waals surface area contributed by atoms with E-state index in [2.05, 4.69) is 5.32 Å². The molecule has 1 aliphatic rings. The Bertz CT molecular complexity index is 1060. The van der Waals surface area contributed by atoms with E-state index in [1.807, 2.05) is 22.6 Å². The van der Waals surface area contributed by atoms with Crippen molar-refractivity contribution in [2.75, 3.05) is 18.5 Å². The third kappa shape index (κ3) is 6.46. The molecule has 33 heavy (non-hydrogen) atoms. The summed E-state index contributed by atoms with van der Waals surface area (Å²) in [5.74, 6) is -2.22. The van der Waals surface area contributed by atoms with Crippen LogP contribution in [-0.4, -0.2) is 41.7 Å². The molecular weight excluding hydrogens is 547 g/mol. The van der Waals surface area contributed by atoms with Crippen LogP contribution in [-0.2, 0) is 4.74 Å². The van der Waals surface area contributed by atoms with Gasteiger partial charge in [-0.3, -0.25) is 4.79 Å². The summed E-state index contributed by atoms with van der Waals surface area (Å²) in [6.45, 7) is 5.87. The number of primary amides is 1. The van der Waals surface area contributed by atoms with Gasteiger partial charge in [-0.05, 0) is 80.5 Å². The Balaban J connectivity index is 1.83. The van der Waals surface area contributed by atoms with Crippen molar-refractivity contribution in [3.8, 4) is 5.75 Å². The molecule has 2 aromatic carbocycles. The number of hydrogen-bond acceptors (Lipinski definition) is 5. The number of amides is 2. The second-order valence-electron chi connectivity index (χ2n) is 8.72. The van der Waals surface area contributed by atoms with Crippen molar-refractivity contribution in [3.05, 3.63) is 51.1 Å². The summed E-state index contributed by atoms with van der Waals surface area (Å²) in [7, 11) is 0. The molecule has 0 aromatic heterocycles. The molecule has 2 aromatic rings. The molecule has 1 heterocycles. The average Bonchev–Trinajstić information content (AvgIpc) is 3.15. The van der Waals surface area contributed by atoms with E-state index in [-0.39, 0.29) is 35.3 Å². The number of carbonyl (C=O) groups is 2. The SMILES string of the molecule is CC(C)(C)OC(=O)N1CCC[C@@H]1COc1cc(F)cc(Nc2ccc(I)cc2F)c1C(N)=O. The first-order valence-electron chi connectivity index (χ1n) is 10.4. The fraction of sp³-hybridized carbons (Fsp3) is 0.391. The van der Waals surface area contributed by atoms with Gasteiger partial charge in [0.1, 0.15) is 35.2 Å². The second kappa shape index (κ2) is 10.1. The van der Waals surface area contributed by atoms with Crippen molar-refractivity contribution in [1.82, 2.24) is 4.90 Å². The maximum atomic E-state index is 14.4. The van der Waals surface area contributed by atoms with Crippen molar-refractivity contribution in [3.63, 3.8) is 0 Å². The Morgan fingerprint density at radius 3 is 2.58 bits per heavy atom. The van der Waals surface area contributed by atoms with Crippen molar-refractivity contribution >= 4 is 46.0 Å². The maximum absolute atomic E-state index is 14.4. The molecule has 0 radical (unpaired) electrons. The Morgan fingerprint density at radius 1 is 1.21 bits per heavy atom. The normalized spacial score (nSPS) is 15.9. The molecule has 7 nitrogen and oxygen atoms in total. The number of nitrogens with one attached hydrogen (secondary N) is 1. The van der Waals surface area contributed by atoms with Crippen LogP contribution in [0.15, 0.2) is 30.3 Å². The summed E-state index contributed by atoms with van der Waals surface area (Å²) in [5, 5.41) is 2.73. The van der Waals surface area contributed by atoms with Gasteiger partial charge in [0.25, 0.3) is 5.91 Å². The van der Waals surface area contributed by atoms with E-state index in [0.29, 0.717) is 16.5 Å². The molecule has 178 valence electrons. The number of anilines is 2. The van der Waals surface area contributed by atoms with E-state index in [1.54, 1.807) is 31.7 Å². The van der Waals surface area contributed by atoms with E-state index in [9.17, 15) is 18.4 Å². The van der Waals surface area contributed by atoms with Crippen LogP contribution in [0.2, 0.25) is 0 Å². The van der Waals surface area contributed by atoms with Gasteiger partial charge in [0.05, 0.1) is 17.4 Å². The number of nitrogens with two attached hydrogens (primary N) is 1. The minimum absolute atomic E-state index is 0.0142. The van der Waals surface area contributed by atoms with Crippen LogP contribution < -0.4 is 15.8 Å². The van der Waals surface area contributed by atoms with Gasteiger partial charge in [0, 0.05) is 16.2 Å². The minimum atomic E-state index is -0.867. The fourth-order valence-corrected chi connectivity index (χ4v) is 3.99. The number of halogens is 3. The summed E-state index contributed by atoms with van der Waals surface area (Å²) in [6, 6.07) is 6.22. The molecule has 2 amide bonds. The van der Waals surface area contributed by atoms with Crippen LogP contribution in [0.3, 0.4) is 0 Å². The molecule has 0 unspecified atom stereocenters. The average molecular weight is 573 g/mol. The number of benzene rings is 2. The van der Waals surface area contributed by atoms with Crippen molar-refractivity contribution in [1.29, 1.82) is 0 Å². The van der Waals surface area contributed by atoms with Crippen LogP contribution >= 0.6 is 22.6 Å². The summed E-state index contributed by atoms with van der Waals surface area (Å²) >= 11 is 1.96. The van der Waals surface area contributed by atoms with Crippen LogP contribution in [0.5, 0.6) is 5.75 Å². The highest BCUT2D eigenvalue weighted by molar-refractivity contribution is 14.1. The van der Waals surface area contributed by atoms with Gasteiger partial charge in [-0.2, -0.15) is 0 Å². The predicted octanol–water partition coefficient (Wildman–Crippen LogP) is 5.19. The molecule has 10 heteroatoms. The van der Waals surface area contributed by atoms with Crippen molar-refractivity contribution in [2.45, 2.75) is 45.3 Å². The first-order chi connectivity index (χ1) is 15.4. The Hall–Kier alpha value is -2.63. The summed E-state index contributed by atoms with van der Waals surface area (Å²) < 4.78 is 40.6. The van der Waals surface area contributed by atoms with E-state index in [1.165, 1.54) is 12.1 Å². The topological polar surface area (TPSA) is 93.9 Å². The molecule has 0 spiro atoms. The number of carbonyl (C=O) groups excluding carboxylic acids is 2. The first kappa shape index (κ1) is 25.0. The molecule has 1 atom stereocenters. The highest BCUT2D eigenvalue weighted by atomic mass is 127. The second-order valence-corrected chi connectivity index (χ2v) is 9.97. The Labute approximate surface area is 204 Å². The largest absolute Gasteiger partial charge is 0.490 e. The molecule has 3 N–H and O–H groups in total. The first-order valence-corrected chi connectivity index (χ1v) is 11.5. The van der Waals surface area contributed by atoms with E-state index < -0.39 is 29.2 Å². The zero-order valence-electron chi connectivity index (χ0n) is 18.6. The van der Waals surface area contributed by atoms with Crippen molar-refractivity contribution in [2.24, 2.45) is 5.73 Å². The molecule has 1 fully saturated rings. The molecule has 0 saturated carbocycles. The molecule has 3 rings (SSSR count). The molecule has 0 bridgehead atoms. The van der Waals surface area contributed by atoms with Gasteiger partial charge in [-0.15, -0.1) is 0 Å². The zero-order valence-corrected chi connectivity index (χ0v) is 20.7. The lowest BCUT2D eigenvalue weighted by Gasteiger charge is -2.28. The molecule has 1 aliphatic heterocycles. The number of likely N-dealkylation sites (tertiary alicyclic amines) is 1. The van der Waals surface area contributed by atoms with Crippen LogP contribution in [0, 0.1) is 15.2 Å². The van der Waals surface area contributed by atoms with E-state index in [0.717, 1.165) is 18.6 Å². The van der Waals surface area contributed by atoms with E-state index >= 15 is 0 Å². The summed E-state index contributed by atoms with van der Waals surface area (Å²) in [4.78, 5) is 26.3. The molecule has 1 saturated heterocycles. The Morgan fingerprint density at radius 2 is 1.94 bits per heavy atom. The lowest BCUT2D eigenvalue weighted by Crippen LogP contribution is -2.42. The number of hydrogen-bond donors (Lipinski definition) is 2. The Kier molecular flexibility index (Phi) is 7.65. The van der Waals surface area contributed by atoms with Crippen LogP contribution in [0.1, 0.15) is 44.0 Å². The summed E-state index contributed by atoms with van der Waals surface area (Å²) in [5.41, 5.74) is 4.83. The standard InChI is InChI=1S/C23H26F2IN3O4/c1-23(2,3)33-22(31)29-8-4-5-15(29)12-32-19-10-13(24)9-18(20(19)21(27)30)28-17-7-6-14(26)11-16(17)25/h6-7,9-11,15,28H,4-5,8,12H2,1-3H3,(H2,27,30)/t15-/m1/s1. The number of rotatable bonds is 6. The highest BCUT2D eigenvalue weighted by Crippen LogP contribution is 2.32. The van der Waals surface area contributed by atoms with Gasteiger partial charge in [-0.25, -0.2) is 13.6 Å². The van der Waals surface area contributed by atoms with Crippen LogP contribution in [0.25, 0.3) is 0 Å². The molecular formula is C23H26F2IN3O4. The van der Waals surface area contributed by atoms with Crippen molar-refractivity contribution < 1.29 is 27.8 Å².